The SMILES string of the molecule is Cc1ccc(C)c(-c2ccc3ccccc3[o+]2)c1. The highest BCUT2D eigenvalue weighted by Gasteiger charge is 2.16. The van der Waals surface area contributed by atoms with Crippen LogP contribution < -0.4 is 0 Å². The normalized spacial score (nSPS) is 10.8. The Labute approximate surface area is 107 Å². The van der Waals surface area contributed by atoms with Gasteiger partial charge in [0, 0.05) is 12.1 Å². The van der Waals surface area contributed by atoms with E-state index in [1.54, 1.807) is 0 Å². The highest BCUT2D eigenvalue weighted by Crippen LogP contribution is 2.27. The summed E-state index contributed by atoms with van der Waals surface area (Å²) in [6, 6.07) is 18.7. The van der Waals surface area contributed by atoms with Gasteiger partial charge in [-0.1, -0.05) is 29.8 Å². The highest BCUT2D eigenvalue weighted by molar-refractivity contribution is 5.79. The Balaban J connectivity index is 2.22. The van der Waals surface area contributed by atoms with Crippen molar-refractivity contribution in [2.24, 2.45) is 0 Å². The second-order valence-corrected chi connectivity index (χ2v) is 4.66. The molecule has 2 aromatic carbocycles. The van der Waals surface area contributed by atoms with Gasteiger partial charge < -0.3 is 0 Å². The van der Waals surface area contributed by atoms with Crippen molar-refractivity contribution < 1.29 is 4.42 Å². The molecular weight excluding hydrogens is 220 g/mol. The summed E-state index contributed by atoms with van der Waals surface area (Å²) in [7, 11) is 0. The summed E-state index contributed by atoms with van der Waals surface area (Å²) in [5.74, 6) is 0.926. The van der Waals surface area contributed by atoms with Crippen LogP contribution in [0.2, 0.25) is 0 Å². The van der Waals surface area contributed by atoms with Crippen LogP contribution in [-0.4, -0.2) is 0 Å². The Morgan fingerprint density at radius 3 is 2.56 bits per heavy atom. The van der Waals surface area contributed by atoms with Crippen molar-refractivity contribution in [1.29, 1.82) is 0 Å². The summed E-state index contributed by atoms with van der Waals surface area (Å²) in [6.07, 6.45) is 0. The summed E-state index contributed by atoms with van der Waals surface area (Å²) in [4.78, 5) is 0. The van der Waals surface area contributed by atoms with Crippen LogP contribution in [0.1, 0.15) is 11.1 Å². The third-order valence-corrected chi connectivity index (χ3v) is 3.21. The molecule has 88 valence electrons. The highest BCUT2D eigenvalue weighted by atomic mass is 16.3. The van der Waals surface area contributed by atoms with Crippen LogP contribution in [0, 0.1) is 13.8 Å². The lowest BCUT2D eigenvalue weighted by molar-refractivity contribution is 0.619. The van der Waals surface area contributed by atoms with Gasteiger partial charge in [0.2, 0.25) is 0 Å². The third-order valence-electron chi connectivity index (χ3n) is 3.21. The molecule has 0 atom stereocenters. The number of para-hydroxylation sites is 1. The van der Waals surface area contributed by atoms with E-state index in [1.165, 1.54) is 16.7 Å². The van der Waals surface area contributed by atoms with Gasteiger partial charge in [0.25, 0.3) is 0 Å². The topological polar surface area (TPSA) is 11.3 Å². The van der Waals surface area contributed by atoms with Crippen molar-refractivity contribution in [3.63, 3.8) is 0 Å². The number of benzene rings is 2. The first-order valence-corrected chi connectivity index (χ1v) is 6.13. The van der Waals surface area contributed by atoms with Crippen molar-refractivity contribution in [2.45, 2.75) is 13.8 Å². The molecule has 0 radical (unpaired) electrons. The van der Waals surface area contributed by atoms with Gasteiger partial charge in [-0.15, -0.1) is 0 Å². The van der Waals surface area contributed by atoms with Crippen molar-refractivity contribution in [3.05, 3.63) is 65.7 Å². The van der Waals surface area contributed by atoms with E-state index in [-0.39, 0.29) is 0 Å². The molecule has 0 fully saturated rings. The molecule has 0 aliphatic rings. The minimum Gasteiger partial charge on any atom is -0.207 e. The van der Waals surface area contributed by atoms with Crippen LogP contribution >= 0.6 is 0 Å². The summed E-state index contributed by atoms with van der Waals surface area (Å²) < 4.78 is 5.98. The third kappa shape index (κ3) is 1.88. The van der Waals surface area contributed by atoms with Gasteiger partial charge in [0.15, 0.2) is 0 Å². The minimum atomic E-state index is 0.926. The van der Waals surface area contributed by atoms with Crippen LogP contribution in [0.4, 0.5) is 0 Å². The molecule has 1 heteroatoms. The van der Waals surface area contributed by atoms with E-state index in [1.807, 2.05) is 24.3 Å². The number of hydrogen-bond donors (Lipinski definition) is 0. The maximum atomic E-state index is 5.98. The Kier molecular flexibility index (Phi) is 2.60. The standard InChI is InChI=1S/C17H15O/c1-12-7-8-13(2)15(11-12)17-10-9-14-5-3-4-6-16(14)18-17/h3-11H,1-2H3/q+1. The first-order chi connectivity index (χ1) is 8.74. The number of fused-ring (bicyclic) bond motifs is 1. The van der Waals surface area contributed by atoms with Crippen molar-refractivity contribution in [2.75, 3.05) is 0 Å². The van der Waals surface area contributed by atoms with Gasteiger partial charge in [-0.3, -0.25) is 0 Å². The molecule has 0 N–H and O–H groups in total. The molecule has 0 saturated carbocycles. The fourth-order valence-corrected chi connectivity index (χ4v) is 2.18. The maximum absolute atomic E-state index is 5.98. The fraction of sp³-hybridized carbons (Fsp3) is 0.118. The van der Waals surface area contributed by atoms with E-state index < -0.39 is 0 Å². The first kappa shape index (κ1) is 11.0. The minimum absolute atomic E-state index is 0.926. The zero-order valence-electron chi connectivity index (χ0n) is 10.6. The van der Waals surface area contributed by atoms with Crippen molar-refractivity contribution in [1.82, 2.24) is 0 Å². The van der Waals surface area contributed by atoms with Crippen molar-refractivity contribution >= 4 is 11.0 Å². The van der Waals surface area contributed by atoms with Crippen molar-refractivity contribution in [3.8, 4) is 11.3 Å². The molecule has 3 rings (SSSR count). The molecule has 0 bridgehead atoms. The molecule has 0 spiro atoms. The Hall–Kier alpha value is -2.15. The molecule has 0 amide bonds. The second-order valence-electron chi connectivity index (χ2n) is 4.66. The maximum Gasteiger partial charge on any atom is 0.361 e. The molecule has 0 unspecified atom stereocenters. The Bertz CT molecular complexity index is 714. The van der Waals surface area contributed by atoms with E-state index in [0.717, 1.165) is 16.7 Å². The average Bonchev–Trinajstić information content (AvgIpc) is 2.41. The summed E-state index contributed by atoms with van der Waals surface area (Å²) in [5, 5.41) is 1.13. The predicted octanol–water partition coefficient (Wildman–Crippen LogP) is 5.00. The van der Waals surface area contributed by atoms with Gasteiger partial charge in [-0.25, -0.2) is 4.42 Å². The van der Waals surface area contributed by atoms with Crippen LogP contribution in [0.3, 0.4) is 0 Å². The fourth-order valence-electron chi connectivity index (χ4n) is 2.18. The lowest BCUT2D eigenvalue weighted by atomic mass is 10.0. The molecule has 1 nitrogen and oxygen atoms in total. The van der Waals surface area contributed by atoms with E-state index in [2.05, 4.69) is 44.2 Å². The zero-order valence-corrected chi connectivity index (χ0v) is 10.6. The van der Waals surface area contributed by atoms with E-state index in [4.69, 9.17) is 4.42 Å². The van der Waals surface area contributed by atoms with Gasteiger partial charge in [0.1, 0.15) is 0 Å². The van der Waals surface area contributed by atoms with Crippen LogP contribution in [0.15, 0.2) is 59.0 Å². The van der Waals surface area contributed by atoms with E-state index >= 15 is 0 Å². The van der Waals surface area contributed by atoms with E-state index in [0.29, 0.717) is 0 Å². The zero-order chi connectivity index (χ0) is 12.5. The molecule has 0 saturated heterocycles. The molecular formula is C17H15O+. The second kappa shape index (κ2) is 4.26. The largest absolute Gasteiger partial charge is 0.361 e. The molecule has 1 heterocycles. The average molecular weight is 235 g/mol. The Morgan fingerprint density at radius 1 is 0.833 bits per heavy atom. The quantitative estimate of drug-likeness (QED) is 0.540. The molecule has 18 heavy (non-hydrogen) atoms. The number of hydrogen-bond acceptors (Lipinski definition) is 0. The molecule has 3 aromatic rings. The predicted molar refractivity (Wildman–Crippen MR) is 75.5 cm³/mol. The van der Waals surface area contributed by atoms with Gasteiger partial charge >= 0.3 is 11.3 Å². The van der Waals surface area contributed by atoms with Crippen LogP contribution in [-0.2, 0) is 0 Å². The number of aryl methyl sites for hydroxylation is 2. The first-order valence-electron chi connectivity index (χ1n) is 6.13. The van der Waals surface area contributed by atoms with Gasteiger partial charge in [-0.05, 0) is 37.6 Å². The lowest BCUT2D eigenvalue weighted by Gasteiger charge is -2.00. The lowest BCUT2D eigenvalue weighted by Crippen LogP contribution is -1.85. The van der Waals surface area contributed by atoms with Gasteiger partial charge in [0.05, 0.1) is 10.9 Å². The molecule has 0 aliphatic heterocycles. The Morgan fingerprint density at radius 2 is 1.67 bits per heavy atom. The summed E-state index contributed by atoms with van der Waals surface area (Å²) in [6.45, 7) is 4.21. The summed E-state index contributed by atoms with van der Waals surface area (Å²) in [5.41, 5.74) is 4.58. The van der Waals surface area contributed by atoms with Gasteiger partial charge in [-0.2, -0.15) is 0 Å². The van der Waals surface area contributed by atoms with Crippen LogP contribution in [0.5, 0.6) is 0 Å². The summed E-state index contributed by atoms with van der Waals surface area (Å²) >= 11 is 0. The van der Waals surface area contributed by atoms with E-state index in [9.17, 15) is 0 Å². The number of rotatable bonds is 1. The van der Waals surface area contributed by atoms with Crippen LogP contribution in [0.25, 0.3) is 22.3 Å². The smallest absolute Gasteiger partial charge is 0.207 e. The molecule has 0 aliphatic carbocycles. The molecule has 1 aromatic heterocycles. The monoisotopic (exact) mass is 235 g/mol.